The van der Waals surface area contributed by atoms with Crippen molar-refractivity contribution in [3.05, 3.63) is 58.1 Å². The maximum Gasteiger partial charge on any atom is 0.282 e. The van der Waals surface area contributed by atoms with E-state index in [2.05, 4.69) is 36.7 Å². The number of halogens is 5. The molecule has 1 aromatic carbocycles. The molecule has 0 spiro atoms. The zero-order valence-electron chi connectivity index (χ0n) is 20.0. The van der Waals surface area contributed by atoms with Gasteiger partial charge in [0.25, 0.3) is 18.8 Å². The van der Waals surface area contributed by atoms with Crippen molar-refractivity contribution < 1.29 is 22.4 Å². The molecule has 16 heteroatoms. The van der Waals surface area contributed by atoms with Crippen LogP contribution in [0.25, 0.3) is 0 Å². The summed E-state index contributed by atoms with van der Waals surface area (Å²) >= 11 is 7.04. The third kappa shape index (κ3) is 6.70. The number of nitrogens with one attached hydrogen (secondary N) is 3. The van der Waals surface area contributed by atoms with E-state index in [-0.39, 0.29) is 36.0 Å². The van der Waals surface area contributed by atoms with Gasteiger partial charge in [0.1, 0.15) is 17.9 Å². The topological polar surface area (TPSA) is 114 Å². The number of amides is 1. The number of benzene rings is 1. The van der Waals surface area contributed by atoms with Gasteiger partial charge in [0.05, 0.1) is 11.8 Å². The van der Waals surface area contributed by atoms with Crippen molar-refractivity contribution in [1.82, 2.24) is 40.8 Å². The molecule has 0 aliphatic carbocycles. The second-order valence-electron chi connectivity index (χ2n) is 8.22. The highest BCUT2D eigenvalue weighted by Crippen LogP contribution is 2.27. The Hall–Kier alpha value is -3.01. The molecule has 3 heterocycles. The molecule has 2 atom stereocenters. The maximum atomic E-state index is 13.3. The van der Waals surface area contributed by atoms with Crippen molar-refractivity contribution in [3.63, 3.8) is 0 Å². The SMILES string of the molecule is CCn1c(Cn2nc(C(F)F)cc2C(F)F)nnc1SCC(=O)N/N=C/C1CNNC1c1ccc(Cl)cc1. The Morgan fingerprint density at radius 1 is 1.26 bits per heavy atom. The average molecular weight is 574 g/mol. The molecule has 1 saturated heterocycles. The summed E-state index contributed by atoms with van der Waals surface area (Å²) < 4.78 is 54.9. The first-order valence-corrected chi connectivity index (χ1v) is 12.9. The van der Waals surface area contributed by atoms with Crippen LogP contribution in [-0.4, -0.2) is 49.0 Å². The molecule has 0 radical (unpaired) electrons. The molecule has 0 bridgehead atoms. The number of hydrazine groups is 1. The van der Waals surface area contributed by atoms with E-state index in [0.29, 0.717) is 29.3 Å². The third-order valence-electron chi connectivity index (χ3n) is 5.72. The number of thioether (sulfide) groups is 1. The lowest BCUT2D eigenvalue weighted by molar-refractivity contribution is -0.118. The quantitative estimate of drug-likeness (QED) is 0.139. The van der Waals surface area contributed by atoms with Gasteiger partial charge in [-0.3, -0.25) is 14.9 Å². The van der Waals surface area contributed by atoms with Crippen molar-refractivity contribution >= 4 is 35.5 Å². The summed E-state index contributed by atoms with van der Waals surface area (Å²) in [6.07, 6.45) is -4.31. The minimum absolute atomic E-state index is 0.0131. The number of rotatable bonds is 11. The van der Waals surface area contributed by atoms with Crippen molar-refractivity contribution in [1.29, 1.82) is 0 Å². The number of carbonyl (C=O) groups excluding carboxylic acids is 1. The summed E-state index contributed by atoms with van der Waals surface area (Å²) in [5, 5.41) is 16.7. The number of hydrogen-bond donors (Lipinski definition) is 3. The summed E-state index contributed by atoms with van der Waals surface area (Å²) in [7, 11) is 0. The molecule has 4 rings (SSSR count). The van der Waals surface area contributed by atoms with Crippen molar-refractivity contribution in [2.24, 2.45) is 11.0 Å². The fourth-order valence-electron chi connectivity index (χ4n) is 3.87. The zero-order chi connectivity index (χ0) is 27.2. The molecule has 10 nitrogen and oxygen atoms in total. The summed E-state index contributed by atoms with van der Waals surface area (Å²) in [5.74, 6) is -0.180. The number of alkyl halides is 4. The smallest absolute Gasteiger partial charge is 0.282 e. The second kappa shape index (κ2) is 12.7. The molecule has 1 aliphatic rings. The van der Waals surface area contributed by atoms with E-state index in [1.54, 1.807) is 29.8 Å². The molecule has 1 amide bonds. The first-order chi connectivity index (χ1) is 18.3. The van der Waals surface area contributed by atoms with Crippen LogP contribution in [0.5, 0.6) is 0 Å². The van der Waals surface area contributed by atoms with E-state index >= 15 is 0 Å². The molecule has 1 fully saturated rings. The Bertz CT molecular complexity index is 1270. The highest BCUT2D eigenvalue weighted by Gasteiger charge is 2.27. The Morgan fingerprint density at radius 2 is 2.03 bits per heavy atom. The normalized spacial score (nSPS) is 17.8. The number of hydrogen-bond acceptors (Lipinski definition) is 8. The van der Waals surface area contributed by atoms with E-state index in [9.17, 15) is 22.4 Å². The average Bonchev–Trinajstić information content (AvgIpc) is 3.62. The zero-order valence-corrected chi connectivity index (χ0v) is 21.6. The number of hydrazone groups is 1. The van der Waals surface area contributed by atoms with Gasteiger partial charge in [-0.05, 0) is 30.7 Å². The van der Waals surface area contributed by atoms with Crippen LogP contribution in [-0.2, 0) is 17.9 Å². The minimum Gasteiger partial charge on any atom is -0.305 e. The second-order valence-corrected chi connectivity index (χ2v) is 9.60. The lowest BCUT2D eigenvalue weighted by atomic mass is 9.96. The third-order valence-corrected chi connectivity index (χ3v) is 6.94. The molecule has 3 aromatic rings. The Kier molecular flexibility index (Phi) is 9.35. The molecule has 2 unspecified atom stereocenters. The molecule has 38 heavy (non-hydrogen) atoms. The Morgan fingerprint density at radius 3 is 2.71 bits per heavy atom. The largest absolute Gasteiger partial charge is 0.305 e. The standard InChI is InChI=1S/C22H24ClF4N9OS/c1-2-35-17(10-36-16(21(26)27)7-15(34-36)20(24)25)30-33-22(35)38-11-18(37)31-28-8-13-9-29-32-19(13)12-3-5-14(23)6-4-12/h3-8,13,19-21,29,32H,2,9-11H2,1H3,(H,31,37)/b28-8+. The molecule has 3 N–H and O–H groups in total. The number of carbonyl (C=O) groups is 1. The first-order valence-electron chi connectivity index (χ1n) is 11.5. The minimum atomic E-state index is -2.98. The van der Waals surface area contributed by atoms with Crippen LogP contribution >= 0.6 is 23.4 Å². The summed E-state index contributed by atoms with van der Waals surface area (Å²) in [6, 6.07) is 8.08. The van der Waals surface area contributed by atoms with Crippen LogP contribution < -0.4 is 16.3 Å². The van der Waals surface area contributed by atoms with Gasteiger partial charge in [0, 0.05) is 30.2 Å². The molecule has 0 saturated carbocycles. The predicted molar refractivity (Wildman–Crippen MR) is 133 cm³/mol. The van der Waals surface area contributed by atoms with E-state index in [1.165, 1.54) is 0 Å². The van der Waals surface area contributed by atoms with Crippen LogP contribution in [0.2, 0.25) is 5.02 Å². The highest BCUT2D eigenvalue weighted by atomic mass is 35.5. The van der Waals surface area contributed by atoms with Gasteiger partial charge in [-0.15, -0.1) is 10.2 Å². The highest BCUT2D eigenvalue weighted by molar-refractivity contribution is 7.99. The van der Waals surface area contributed by atoms with Crippen LogP contribution in [0, 0.1) is 5.92 Å². The summed E-state index contributed by atoms with van der Waals surface area (Å²) in [5.41, 5.74) is 8.38. The molecular formula is C22H24ClF4N9OS. The summed E-state index contributed by atoms with van der Waals surface area (Å²) in [4.78, 5) is 12.3. The molecular weight excluding hydrogens is 550 g/mol. The van der Waals surface area contributed by atoms with Gasteiger partial charge in [0.15, 0.2) is 11.0 Å². The molecule has 204 valence electrons. The van der Waals surface area contributed by atoms with Gasteiger partial charge >= 0.3 is 0 Å². The lowest BCUT2D eigenvalue weighted by Gasteiger charge is -2.15. The van der Waals surface area contributed by atoms with Crippen molar-refractivity contribution in [2.45, 2.75) is 44.1 Å². The van der Waals surface area contributed by atoms with E-state index < -0.39 is 24.2 Å². The molecule has 1 aliphatic heterocycles. The predicted octanol–water partition coefficient (Wildman–Crippen LogP) is 3.73. The molecule has 2 aromatic heterocycles. The summed E-state index contributed by atoms with van der Waals surface area (Å²) in [6.45, 7) is 2.49. The van der Waals surface area contributed by atoms with E-state index in [4.69, 9.17) is 11.6 Å². The lowest BCUT2D eigenvalue weighted by Crippen LogP contribution is -2.25. The van der Waals surface area contributed by atoms with Gasteiger partial charge in [-0.1, -0.05) is 35.5 Å². The Labute approximate surface area is 224 Å². The Balaban J connectivity index is 1.33. The monoisotopic (exact) mass is 573 g/mol. The fraction of sp³-hybridized carbons (Fsp3) is 0.409. The van der Waals surface area contributed by atoms with Crippen molar-refractivity contribution in [3.8, 4) is 0 Å². The van der Waals surface area contributed by atoms with Gasteiger partial charge in [0.2, 0.25) is 0 Å². The van der Waals surface area contributed by atoms with Gasteiger partial charge in [-0.25, -0.2) is 28.4 Å². The van der Waals surface area contributed by atoms with Gasteiger partial charge in [-0.2, -0.15) is 10.2 Å². The van der Waals surface area contributed by atoms with E-state index in [1.807, 2.05) is 12.1 Å². The van der Waals surface area contributed by atoms with Crippen LogP contribution in [0.4, 0.5) is 17.6 Å². The first kappa shape index (κ1) is 28.0. The van der Waals surface area contributed by atoms with Crippen molar-refractivity contribution in [2.75, 3.05) is 12.3 Å². The fourth-order valence-corrected chi connectivity index (χ4v) is 4.81. The van der Waals surface area contributed by atoms with E-state index in [0.717, 1.165) is 22.0 Å². The van der Waals surface area contributed by atoms with Crippen LogP contribution in [0.1, 0.15) is 48.6 Å². The van der Waals surface area contributed by atoms with Gasteiger partial charge < -0.3 is 4.57 Å². The number of nitrogens with zero attached hydrogens (tertiary/aromatic N) is 6. The van der Waals surface area contributed by atoms with Crippen LogP contribution in [0.15, 0.2) is 40.6 Å². The maximum absolute atomic E-state index is 13.3. The number of aromatic nitrogens is 5. The van der Waals surface area contributed by atoms with Crippen LogP contribution in [0.3, 0.4) is 0 Å².